The quantitative estimate of drug-likeness (QED) is 0.784. The molecule has 28 heavy (non-hydrogen) atoms. The van der Waals surface area contributed by atoms with E-state index >= 15 is 0 Å². The highest BCUT2D eigenvalue weighted by atomic mass is 35.5. The molecule has 0 aliphatic carbocycles. The summed E-state index contributed by atoms with van der Waals surface area (Å²) in [6.07, 6.45) is 1.91. The number of halogens is 1. The van der Waals surface area contributed by atoms with Crippen LogP contribution in [0.3, 0.4) is 0 Å². The lowest BCUT2D eigenvalue weighted by Gasteiger charge is -2.30. The molecule has 150 valence electrons. The summed E-state index contributed by atoms with van der Waals surface area (Å²) >= 11 is 6.18. The smallest absolute Gasteiger partial charge is 0.263 e. The van der Waals surface area contributed by atoms with Crippen LogP contribution in [0, 0.1) is 19.8 Å². The van der Waals surface area contributed by atoms with Crippen molar-refractivity contribution < 1.29 is 13.2 Å². The molecular weight excluding hydrogens is 396 g/mol. The number of amides is 1. The monoisotopic (exact) mass is 420 g/mol. The lowest BCUT2D eigenvalue weighted by atomic mass is 9.98. The third kappa shape index (κ3) is 4.50. The molecule has 2 aromatic rings. The lowest BCUT2D eigenvalue weighted by Crippen LogP contribution is -2.38. The normalized spacial score (nSPS) is 15.5. The van der Waals surface area contributed by atoms with Crippen molar-refractivity contribution in [3.05, 3.63) is 58.1 Å². The van der Waals surface area contributed by atoms with Gasteiger partial charge in [0, 0.05) is 18.7 Å². The molecule has 1 fully saturated rings. The van der Waals surface area contributed by atoms with Crippen molar-refractivity contribution in [2.24, 2.45) is 5.92 Å². The molecule has 0 spiro atoms. The maximum Gasteiger partial charge on any atom is 0.263 e. The number of benzene rings is 2. The molecule has 1 aliphatic heterocycles. The molecule has 3 rings (SSSR count). The molecule has 0 atom stereocenters. The van der Waals surface area contributed by atoms with Crippen molar-refractivity contribution in [2.45, 2.75) is 38.5 Å². The van der Waals surface area contributed by atoms with E-state index in [1.165, 1.54) is 12.1 Å². The van der Waals surface area contributed by atoms with Gasteiger partial charge in [-0.25, -0.2) is 8.42 Å². The highest BCUT2D eigenvalue weighted by Crippen LogP contribution is 2.28. The van der Waals surface area contributed by atoms with Crippen LogP contribution in [0.2, 0.25) is 5.02 Å². The molecule has 7 heteroatoms. The summed E-state index contributed by atoms with van der Waals surface area (Å²) in [5.74, 6) is 0.443. The highest BCUT2D eigenvalue weighted by molar-refractivity contribution is 7.92. The number of hydrogen-bond donors (Lipinski definition) is 1. The van der Waals surface area contributed by atoms with E-state index < -0.39 is 10.0 Å². The minimum atomic E-state index is -3.93. The number of carbonyl (C=O) groups is 1. The predicted octanol–water partition coefficient (Wildman–Crippen LogP) is 4.63. The Morgan fingerprint density at radius 1 is 1.11 bits per heavy atom. The van der Waals surface area contributed by atoms with E-state index in [0.29, 0.717) is 30.3 Å². The van der Waals surface area contributed by atoms with Gasteiger partial charge in [-0.2, -0.15) is 0 Å². The van der Waals surface area contributed by atoms with Gasteiger partial charge in [0.25, 0.3) is 15.9 Å². The molecule has 1 amide bonds. The molecule has 1 aliphatic rings. The Balaban J connectivity index is 1.88. The molecule has 1 heterocycles. The van der Waals surface area contributed by atoms with Crippen molar-refractivity contribution in [1.82, 2.24) is 4.90 Å². The SMILES string of the molecule is Cc1ccc(NS(=O)(=O)c2cc(C(=O)N3CCC(C)CC3)ccc2Cl)c(C)c1. The van der Waals surface area contributed by atoms with Crippen LogP contribution >= 0.6 is 11.6 Å². The van der Waals surface area contributed by atoms with E-state index in [2.05, 4.69) is 11.6 Å². The second kappa shape index (κ2) is 8.13. The number of sulfonamides is 1. The summed E-state index contributed by atoms with van der Waals surface area (Å²) < 4.78 is 28.5. The van der Waals surface area contributed by atoms with E-state index in [-0.39, 0.29) is 15.8 Å². The van der Waals surface area contributed by atoms with Crippen molar-refractivity contribution >= 4 is 33.2 Å². The first-order valence-electron chi connectivity index (χ1n) is 9.36. The van der Waals surface area contributed by atoms with Crippen LogP contribution in [0.1, 0.15) is 41.3 Å². The average Bonchev–Trinajstić information content (AvgIpc) is 2.64. The number of hydrogen-bond acceptors (Lipinski definition) is 3. The zero-order chi connectivity index (χ0) is 20.5. The number of carbonyl (C=O) groups excluding carboxylic acids is 1. The fourth-order valence-electron chi connectivity index (χ4n) is 3.36. The van der Waals surface area contributed by atoms with Crippen molar-refractivity contribution in [2.75, 3.05) is 17.8 Å². The number of nitrogens with zero attached hydrogens (tertiary/aromatic N) is 1. The molecule has 0 radical (unpaired) electrons. The zero-order valence-corrected chi connectivity index (χ0v) is 17.9. The number of rotatable bonds is 4. The Hall–Kier alpha value is -2.05. The predicted molar refractivity (Wildman–Crippen MR) is 112 cm³/mol. The van der Waals surface area contributed by atoms with Gasteiger partial charge in [0.05, 0.1) is 10.7 Å². The Morgan fingerprint density at radius 2 is 1.79 bits per heavy atom. The first-order chi connectivity index (χ1) is 13.2. The fourth-order valence-corrected chi connectivity index (χ4v) is 5.02. The van der Waals surface area contributed by atoms with Crippen LogP contribution in [-0.4, -0.2) is 32.3 Å². The van der Waals surface area contributed by atoms with Gasteiger partial charge in [0.15, 0.2) is 0 Å². The first-order valence-corrected chi connectivity index (χ1v) is 11.2. The van der Waals surface area contributed by atoms with Gasteiger partial charge >= 0.3 is 0 Å². The first kappa shape index (κ1) is 20.7. The number of anilines is 1. The van der Waals surface area contributed by atoms with Gasteiger partial charge in [0.2, 0.25) is 0 Å². The second-order valence-electron chi connectivity index (χ2n) is 7.54. The summed E-state index contributed by atoms with van der Waals surface area (Å²) in [4.78, 5) is 14.5. The number of piperidine rings is 1. The minimum Gasteiger partial charge on any atom is -0.339 e. The molecule has 0 unspecified atom stereocenters. The zero-order valence-electron chi connectivity index (χ0n) is 16.3. The third-order valence-electron chi connectivity index (χ3n) is 5.16. The van der Waals surface area contributed by atoms with Gasteiger partial charge in [-0.1, -0.05) is 36.2 Å². The topological polar surface area (TPSA) is 66.5 Å². The highest BCUT2D eigenvalue weighted by Gasteiger charge is 2.25. The molecule has 2 aromatic carbocycles. The Morgan fingerprint density at radius 3 is 2.43 bits per heavy atom. The Bertz CT molecular complexity index is 997. The summed E-state index contributed by atoms with van der Waals surface area (Å²) in [6, 6.07) is 9.88. The average molecular weight is 421 g/mol. The van der Waals surface area contributed by atoms with E-state index in [1.807, 2.05) is 26.0 Å². The molecule has 0 aromatic heterocycles. The van der Waals surface area contributed by atoms with E-state index in [0.717, 1.165) is 24.0 Å². The van der Waals surface area contributed by atoms with Crippen LogP contribution in [0.25, 0.3) is 0 Å². The second-order valence-corrected chi connectivity index (χ2v) is 9.60. The van der Waals surface area contributed by atoms with Crippen LogP contribution < -0.4 is 4.72 Å². The molecule has 1 saturated heterocycles. The van der Waals surface area contributed by atoms with Gasteiger partial charge in [-0.05, 0) is 62.4 Å². The summed E-state index contributed by atoms with van der Waals surface area (Å²) in [5, 5.41) is 0.0843. The van der Waals surface area contributed by atoms with Crippen molar-refractivity contribution in [3.63, 3.8) is 0 Å². The molecular formula is C21H25ClN2O3S. The van der Waals surface area contributed by atoms with Gasteiger partial charge < -0.3 is 4.90 Å². The maximum atomic E-state index is 12.9. The van der Waals surface area contributed by atoms with E-state index in [9.17, 15) is 13.2 Å². The molecule has 0 saturated carbocycles. The van der Waals surface area contributed by atoms with Crippen molar-refractivity contribution in [1.29, 1.82) is 0 Å². The number of aryl methyl sites for hydroxylation is 2. The van der Waals surface area contributed by atoms with Crippen LogP contribution in [0.15, 0.2) is 41.3 Å². The molecule has 1 N–H and O–H groups in total. The van der Waals surface area contributed by atoms with Crippen molar-refractivity contribution in [3.8, 4) is 0 Å². The largest absolute Gasteiger partial charge is 0.339 e. The van der Waals surface area contributed by atoms with Gasteiger partial charge in [0.1, 0.15) is 4.90 Å². The molecule has 5 nitrogen and oxygen atoms in total. The van der Waals surface area contributed by atoms with Crippen LogP contribution in [0.4, 0.5) is 5.69 Å². The third-order valence-corrected chi connectivity index (χ3v) is 7.01. The lowest BCUT2D eigenvalue weighted by molar-refractivity contribution is 0.0697. The maximum absolute atomic E-state index is 12.9. The number of likely N-dealkylation sites (tertiary alicyclic amines) is 1. The minimum absolute atomic E-state index is 0.0843. The van der Waals surface area contributed by atoms with E-state index in [4.69, 9.17) is 11.6 Å². The van der Waals surface area contributed by atoms with Gasteiger partial charge in [-0.3, -0.25) is 9.52 Å². The van der Waals surface area contributed by atoms with Crippen LogP contribution in [0.5, 0.6) is 0 Å². The van der Waals surface area contributed by atoms with Gasteiger partial charge in [-0.15, -0.1) is 0 Å². The summed E-state index contributed by atoms with van der Waals surface area (Å²) in [5.41, 5.74) is 2.68. The fraction of sp³-hybridized carbons (Fsp3) is 0.381. The Kier molecular flexibility index (Phi) is 6.01. The summed E-state index contributed by atoms with van der Waals surface area (Å²) in [7, 11) is -3.93. The summed E-state index contributed by atoms with van der Waals surface area (Å²) in [6.45, 7) is 7.33. The van der Waals surface area contributed by atoms with E-state index in [1.54, 1.807) is 17.0 Å². The standard InChI is InChI=1S/C21H25ClN2O3S/c1-14-8-10-24(11-9-14)21(25)17-5-6-18(22)20(13-17)28(26,27)23-19-7-4-15(2)12-16(19)3/h4-7,12-14,23H,8-11H2,1-3H3. The molecule has 0 bridgehead atoms. The Labute approximate surface area is 171 Å². The number of nitrogens with one attached hydrogen (secondary N) is 1. The van der Waals surface area contributed by atoms with Crippen LogP contribution in [-0.2, 0) is 10.0 Å².